The maximum Gasteiger partial charge on any atom is 0.314 e. The van der Waals surface area contributed by atoms with Crippen LogP contribution in [-0.4, -0.2) is 26.8 Å². The van der Waals surface area contributed by atoms with Gasteiger partial charge >= 0.3 is 17.1 Å². The van der Waals surface area contributed by atoms with Crippen LogP contribution in [0.3, 0.4) is 0 Å². The van der Waals surface area contributed by atoms with Crippen molar-refractivity contribution in [3.05, 3.63) is 42.9 Å². The molecule has 2 aromatic rings. The molecule has 6 nitrogen and oxygen atoms in total. The molecule has 0 unspecified atom stereocenters. The second-order valence-corrected chi connectivity index (χ2v) is 5.68. The molecule has 0 amide bonds. The molecule has 0 saturated heterocycles. The Morgan fingerprint density at radius 1 is 1.26 bits per heavy atom. The summed E-state index contributed by atoms with van der Waals surface area (Å²) in [5, 5.41) is 8.60. The van der Waals surface area contributed by atoms with E-state index in [1.165, 1.54) is 11.8 Å². The Morgan fingerprint density at radius 3 is 2.63 bits per heavy atom. The van der Waals surface area contributed by atoms with Crippen molar-refractivity contribution in [2.75, 3.05) is 5.75 Å². The van der Waals surface area contributed by atoms with Crippen molar-refractivity contribution in [2.24, 2.45) is 0 Å². The number of hydrogen-bond acceptors (Lipinski definition) is 4. The Balaban J connectivity index is 2.47. The van der Waals surface area contributed by atoms with Gasteiger partial charge in [-0.25, -0.2) is 0 Å². The highest BCUT2D eigenvalue weighted by molar-refractivity contribution is 9.10. The second-order valence-electron chi connectivity index (χ2n) is 3.78. The number of halogens is 1. The molecule has 8 heteroatoms. The largest absolute Gasteiger partial charge is 0.481 e. The summed E-state index contributed by atoms with van der Waals surface area (Å²) >= 11 is 4.52. The molecular formula is C11H9BrN2O4S. The van der Waals surface area contributed by atoms with Gasteiger partial charge in [0.25, 0.3) is 0 Å². The number of carbonyl (C=O) groups is 1. The highest BCUT2D eigenvalue weighted by Crippen LogP contribution is 2.23. The monoisotopic (exact) mass is 344 g/mol. The van der Waals surface area contributed by atoms with Crippen molar-refractivity contribution in [3.8, 4) is 0 Å². The molecule has 0 spiro atoms. The zero-order valence-corrected chi connectivity index (χ0v) is 11.9. The van der Waals surface area contributed by atoms with Gasteiger partial charge in [0, 0.05) is 10.2 Å². The summed E-state index contributed by atoms with van der Waals surface area (Å²) in [6.45, 7) is 0. The molecule has 1 aromatic carbocycles. The standard InChI is InChI=1S/C11H9BrN2O4S/c12-6-1-5(3-19-4-8(15)16)9-7(2-6)13-10(17)11(18)14-9/h1-2H,3-4H2,(H,13,17)(H,14,18)(H,15,16). The van der Waals surface area contributed by atoms with Crippen LogP contribution in [0.15, 0.2) is 26.2 Å². The summed E-state index contributed by atoms with van der Waals surface area (Å²) in [5.74, 6) is -0.502. The van der Waals surface area contributed by atoms with Crippen molar-refractivity contribution < 1.29 is 9.90 Å². The van der Waals surface area contributed by atoms with Crippen LogP contribution in [0.1, 0.15) is 5.56 Å². The first-order chi connectivity index (χ1) is 8.97. The third-order valence-electron chi connectivity index (χ3n) is 2.36. The van der Waals surface area contributed by atoms with Gasteiger partial charge < -0.3 is 15.1 Å². The molecule has 1 heterocycles. The van der Waals surface area contributed by atoms with Crippen molar-refractivity contribution in [3.63, 3.8) is 0 Å². The number of hydrogen-bond donors (Lipinski definition) is 3. The minimum absolute atomic E-state index is 0.0262. The van der Waals surface area contributed by atoms with Gasteiger partial charge in [0.05, 0.1) is 16.8 Å². The van der Waals surface area contributed by atoms with E-state index in [9.17, 15) is 14.4 Å². The van der Waals surface area contributed by atoms with E-state index in [0.717, 1.165) is 10.0 Å². The van der Waals surface area contributed by atoms with Crippen LogP contribution in [0.25, 0.3) is 11.0 Å². The third kappa shape index (κ3) is 3.27. The Morgan fingerprint density at radius 2 is 1.95 bits per heavy atom. The third-order valence-corrected chi connectivity index (χ3v) is 3.78. The van der Waals surface area contributed by atoms with Crippen LogP contribution in [0.5, 0.6) is 0 Å². The first-order valence-corrected chi connectivity index (χ1v) is 7.16. The molecule has 0 atom stereocenters. The van der Waals surface area contributed by atoms with E-state index in [2.05, 4.69) is 25.9 Å². The molecule has 0 radical (unpaired) electrons. The summed E-state index contributed by atoms with van der Waals surface area (Å²) in [5.41, 5.74) is 0.341. The van der Waals surface area contributed by atoms with Crippen molar-refractivity contribution in [2.45, 2.75) is 5.75 Å². The molecule has 0 saturated carbocycles. The van der Waals surface area contributed by atoms with Crippen LogP contribution in [0.4, 0.5) is 0 Å². The fourth-order valence-electron chi connectivity index (χ4n) is 1.62. The maximum absolute atomic E-state index is 11.3. The lowest BCUT2D eigenvalue weighted by atomic mass is 10.2. The summed E-state index contributed by atoms with van der Waals surface area (Å²) in [6.07, 6.45) is 0. The lowest BCUT2D eigenvalue weighted by Crippen LogP contribution is -2.29. The predicted molar refractivity (Wildman–Crippen MR) is 76.7 cm³/mol. The van der Waals surface area contributed by atoms with Gasteiger partial charge in [0.1, 0.15) is 0 Å². The number of aromatic amines is 2. The highest BCUT2D eigenvalue weighted by atomic mass is 79.9. The number of aromatic nitrogens is 2. The lowest BCUT2D eigenvalue weighted by Gasteiger charge is -2.06. The Labute approximate surface area is 119 Å². The van der Waals surface area contributed by atoms with E-state index >= 15 is 0 Å². The average molecular weight is 345 g/mol. The fraction of sp³-hybridized carbons (Fsp3) is 0.182. The molecule has 0 bridgehead atoms. The zero-order chi connectivity index (χ0) is 14.0. The summed E-state index contributed by atoms with van der Waals surface area (Å²) < 4.78 is 0.744. The Kier molecular flexibility index (Phi) is 4.11. The van der Waals surface area contributed by atoms with Crippen molar-refractivity contribution in [1.29, 1.82) is 0 Å². The highest BCUT2D eigenvalue weighted by Gasteiger charge is 2.08. The van der Waals surface area contributed by atoms with Gasteiger partial charge in [0.15, 0.2) is 0 Å². The summed E-state index contributed by atoms with van der Waals surface area (Å²) in [6, 6.07) is 3.46. The topological polar surface area (TPSA) is 103 Å². The number of H-pyrrole nitrogens is 2. The van der Waals surface area contributed by atoms with Gasteiger partial charge in [0.2, 0.25) is 0 Å². The van der Waals surface area contributed by atoms with E-state index in [1.807, 2.05) is 0 Å². The van der Waals surface area contributed by atoms with Crippen LogP contribution >= 0.6 is 27.7 Å². The maximum atomic E-state index is 11.3. The lowest BCUT2D eigenvalue weighted by molar-refractivity contribution is -0.133. The van der Waals surface area contributed by atoms with E-state index in [4.69, 9.17) is 5.11 Å². The van der Waals surface area contributed by atoms with E-state index in [1.54, 1.807) is 12.1 Å². The normalized spacial score (nSPS) is 10.8. The van der Waals surface area contributed by atoms with Gasteiger partial charge in [-0.15, -0.1) is 11.8 Å². The van der Waals surface area contributed by atoms with E-state index in [-0.39, 0.29) is 5.75 Å². The van der Waals surface area contributed by atoms with Gasteiger partial charge in [-0.2, -0.15) is 0 Å². The molecule has 1 aromatic heterocycles. The predicted octanol–water partition coefficient (Wildman–Crippen LogP) is 1.30. The number of nitrogens with one attached hydrogen (secondary N) is 2. The van der Waals surface area contributed by atoms with Crippen LogP contribution in [-0.2, 0) is 10.5 Å². The van der Waals surface area contributed by atoms with Gasteiger partial charge in [-0.3, -0.25) is 14.4 Å². The van der Waals surface area contributed by atoms with Crippen molar-refractivity contribution in [1.82, 2.24) is 9.97 Å². The van der Waals surface area contributed by atoms with Crippen LogP contribution in [0, 0.1) is 0 Å². The second kappa shape index (κ2) is 5.62. The minimum Gasteiger partial charge on any atom is -0.481 e. The summed E-state index contributed by atoms with van der Waals surface area (Å²) in [7, 11) is 0. The number of rotatable bonds is 4. The van der Waals surface area contributed by atoms with E-state index < -0.39 is 17.1 Å². The first kappa shape index (κ1) is 13.9. The first-order valence-electron chi connectivity index (χ1n) is 5.21. The van der Waals surface area contributed by atoms with Crippen LogP contribution < -0.4 is 11.1 Å². The molecule has 0 aliphatic heterocycles. The van der Waals surface area contributed by atoms with Crippen molar-refractivity contribution >= 4 is 44.7 Å². The molecule has 0 aliphatic rings. The number of benzene rings is 1. The number of carboxylic acids is 1. The SMILES string of the molecule is O=C(O)CSCc1cc(Br)cc2[nH]c(=O)c(=O)[nH]c12. The molecule has 3 N–H and O–H groups in total. The smallest absolute Gasteiger partial charge is 0.314 e. The Hall–Kier alpha value is -1.54. The minimum atomic E-state index is -0.897. The molecule has 0 fully saturated rings. The molecule has 0 aliphatic carbocycles. The molecule has 19 heavy (non-hydrogen) atoms. The average Bonchev–Trinajstić information content (AvgIpc) is 2.31. The number of aliphatic carboxylic acids is 1. The van der Waals surface area contributed by atoms with Crippen LogP contribution in [0.2, 0.25) is 0 Å². The number of fused-ring (bicyclic) bond motifs is 1. The molecule has 100 valence electrons. The Bertz CT molecular complexity index is 752. The molecule has 2 rings (SSSR count). The summed E-state index contributed by atoms with van der Waals surface area (Å²) in [4.78, 5) is 38.1. The zero-order valence-electron chi connectivity index (χ0n) is 9.53. The fourth-order valence-corrected chi connectivity index (χ4v) is 2.85. The van der Waals surface area contributed by atoms with Gasteiger partial charge in [-0.05, 0) is 17.7 Å². The van der Waals surface area contributed by atoms with E-state index in [0.29, 0.717) is 16.8 Å². The quantitative estimate of drug-likeness (QED) is 0.725. The molecular weight excluding hydrogens is 336 g/mol. The van der Waals surface area contributed by atoms with Gasteiger partial charge in [-0.1, -0.05) is 15.9 Å². The number of carboxylic acid groups (broad SMARTS) is 1. The number of thioether (sulfide) groups is 1.